The third kappa shape index (κ3) is 4.42. The zero-order chi connectivity index (χ0) is 17.5. The number of halogens is 1. The first-order valence-corrected chi connectivity index (χ1v) is 7.71. The summed E-state index contributed by atoms with van der Waals surface area (Å²) in [5, 5.41) is 2.52. The molecule has 0 aromatic heterocycles. The minimum absolute atomic E-state index is 0.213. The summed E-state index contributed by atoms with van der Waals surface area (Å²) in [5.41, 5.74) is 0.817. The van der Waals surface area contributed by atoms with E-state index in [-0.39, 0.29) is 11.3 Å². The average Bonchev–Trinajstić information content (AvgIpc) is 2.60. The van der Waals surface area contributed by atoms with Crippen LogP contribution in [0, 0.1) is 0 Å². The highest BCUT2D eigenvalue weighted by Gasteiger charge is 2.16. The van der Waals surface area contributed by atoms with E-state index in [1.54, 1.807) is 42.5 Å². The van der Waals surface area contributed by atoms with Gasteiger partial charge in [-0.2, -0.15) is 0 Å². The van der Waals surface area contributed by atoms with Crippen molar-refractivity contribution in [1.82, 2.24) is 0 Å². The zero-order valence-electron chi connectivity index (χ0n) is 12.7. The van der Waals surface area contributed by atoms with Crippen molar-refractivity contribution in [2.75, 3.05) is 19.0 Å². The van der Waals surface area contributed by atoms with Crippen molar-refractivity contribution in [3.05, 3.63) is 64.1 Å². The number of hydrogen-bond donors (Lipinski definition) is 1. The van der Waals surface area contributed by atoms with E-state index in [2.05, 4.69) is 26.0 Å². The Balaban J connectivity index is 1.99. The van der Waals surface area contributed by atoms with E-state index >= 15 is 0 Å². The molecule has 0 saturated carbocycles. The van der Waals surface area contributed by atoms with Gasteiger partial charge < -0.3 is 14.8 Å². The Kier molecular flexibility index (Phi) is 6.08. The molecule has 7 heteroatoms. The van der Waals surface area contributed by atoms with E-state index in [0.717, 1.165) is 0 Å². The van der Waals surface area contributed by atoms with Gasteiger partial charge in [0.2, 0.25) is 0 Å². The molecule has 24 heavy (non-hydrogen) atoms. The van der Waals surface area contributed by atoms with Crippen LogP contribution in [0.4, 0.5) is 5.69 Å². The van der Waals surface area contributed by atoms with Gasteiger partial charge in [-0.3, -0.25) is 4.79 Å². The second-order valence-corrected chi connectivity index (χ2v) is 5.50. The average molecular weight is 392 g/mol. The van der Waals surface area contributed by atoms with Crippen LogP contribution in [0.3, 0.4) is 0 Å². The Morgan fingerprint density at radius 3 is 2.25 bits per heavy atom. The van der Waals surface area contributed by atoms with E-state index < -0.39 is 24.5 Å². The van der Waals surface area contributed by atoms with Crippen LogP contribution in [0.15, 0.2) is 53.0 Å². The van der Waals surface area contributed by atoms with Gasteiger partial charge in [-0.05, 0) is 40.2 Å². The molecule has 0 aliphatic heterocycles. The van der Waals surface area contributed by atoms with Crippen molar-refractivity contribution in [3.8, 4) is 0 Å². The largest absolute Gasteiger partial charge is 0.465 e. The van der Waals surface area contributed by atoms with E-state index in [0.29, 0.717) is 10.0 Å². The summed E-state index contributed by atoms with van der Waals surface area (Å²) in [6.45, 7) is -0.477. The van der Waals surface area contributed by atoms with Gasteiger partial charge in [0.15, 0.2) is 6.61 Å². The Morgan fingerprint density at radius 1 is 0.958 bits per heavy atom. The second-order valence-electron chi connectivity index (χ2n) is 4.64. The van der Waals surface area contributed by atoms with Gasteiger partial charge >= 0.3 is 11.9 Å². The van der Waals surface area contributed by atoms with Crippen LogP contribution in [-0.2, 0) is 14.3 Å². The van der Waals surface area contributed by atoms with E-state index in [4.69, 9.17) is 4.74 Å². The smallest absolute Gasteiger partial charge is 0.339 e. The standard InChI is InChI=1S/C17H14BrNO5/c1-23-16(21)12-7-3-5-9-14(12)19-15(20)10-24-17(22)11-6-2-4-8-13(11)18/h2-9H,10H2,1H3,(H,19,20). The van der Waals surface area contributed by atoms with Crippen LogP contribution >= 0.6 is 15.9 Å². The monoisotopic (exact) mass is 391 g/mol. The molecule has 2 aromatic rings. The summed E-state index contributed by atoms with van der Waals surface area (Å²) < 4.78 is 10.2. The molecule has 0 saturated heterocycles. The number of methoxy groups -OCH3 is 1. The lowest BCUT2D eigenvalue weighted by molar-refractivity contribution is -0.119. The van der Waals surface area contributed by atoms with Crippen LogP contribution in [0.25, 0.3) is 0 Å². The van der Waals surface area contributed by atoms with E-state index in [9.17, 15) is 14.4 Å². The number of benzene rings is 2. The second kappa shape index (κ2) is 8.26. The Labute approximate surface area is 146 Å². The number of anilines is 1. The highest BCUT2D eigenvalue weighted by atomic mass is 79.9. The SMILES string of the molecule is COC(=O)c1ccccc1NC(=O)COC(=O)c1ccccc1Br. The quantitative estimate of drug-likeness (QED) is 0.792. The number of para-hydroxylation sites is 1. The molecule has 1 N–H and O–H groups in total. The predicted molar refractivity (Wildman–Crippen MR) is 90.8 cm³/mol. The first-order valence-electron chi connectivity index (χ1n) is 6.91. The maximum Gasteiger partial charge on any atom is 0.339 e. The summed E-state index contributed by atoms with van der Waals surface area (Å²) in [6.07, 6.45) is 0. The minimum Gasteiger partial charge on any atom is -0.465 e. The fraction of sp³-hybridized carbons (Fsp3) is 0.118. The lowest BCUT2D eigenvalue weighted by Gasteiger charge is -2.10. The van der Waals surface area contributed by atoms with Crippen molar-refractivity contribution < 1.29 is 23.9 Å². The lowest BCUT2D eigenvalue weighted by atomic mass is 10.2. The van der Waals surface area contributed by atoms with E-state index in [1.165, 1.54) is 13.2 Å². The molecule has 0 unspecified atom stereocenters. The summed E-state index contributed by atoms with van der Waals surface area (Å²) in [7, 11) is 1.25. The van der Waals surface area contributed by atoms with Crippen LogP contribution in [-0.4, -0.2) is 31.6 Å². The third-order valence-electron chi connectivity index (χ3n) is 3.03. The van der Waals surface area contributed by atoms with Crippen molar-refractivity contribution in [1.29, 1.82) is 0 Å². The summed E-state index contributed by atoms with van der Waals surface area (Å²) >= 11 is 3.24. The van der Waals surface area contributed by atoms with Gasteiger partial charge in [-0.15, -0.1) is 0 Å². The summed E-state index contributed by atoms with van der Waals surface area (Å²) in [4.78, 5) is 35.5. The van der Waals surface area contributed by atoms with Crippen LogP contribution in [0.5, 0.6) is 0 Å². The maximum atomic E-state index is 11.9. The predicted octanol–water partition coefficient (Wildman–Crippen LogP) is 3.03. The molecule has 6 nitrogen and oxygen atoms in total. The molecule has 0 fully saturated rings. The fourth-order valence-electron chi connectivity index (χ4n) is 1.90. The molecular weight excluding hydrogens is 378 g/mol. The molecular formula is C17H14BrNO5. The highest BCUT2D eigenvalue weighted by molar-refractivity contribution is 9.10. The summed E-state index contributed by atoms with van der Waals surface area (Å²) in [5.74, 6) is -1.76. The molecule has 1 amide bonds. The third-order valence-corrected chi connectivity index (χ3v) is 3.73. The number of ether oxygens (including phenoxy) is 2. The molecule has 0 atom stereocenters. The van der Waals surface area contributed by atoms with Gasteiger partial charge in [0.25, 0.3) is 5.91 Å². The number of amides is 1. The number of rotatable bonds is 5. The molecule has 2 rings (SSSR count). The Bertz CT molecular complexity index is 775. The minimum atomic E-state index is -0.626. The number of carbonyl (C=O) groups is 3. The number of carbonyl (C=O) groups excluding carboxylic acids is 3. The Morgan fingerprint density at radius 2 is 1.58 bits per heavy atom. The molecule has 124 valence electrons. The zero-order valence-corrected chi connectivity index (χ0v) is 14.3. The van der Waals surface area contributed by atoms with Crippen LogP contribution < -0.4 is 5.32 Å². The van der Waals surface area contributed by atoms with E-state index in [1.807, 2.05) is 0 Å². The highest BCUT2D eigenvalue weighted by Crippen LogP contribution is 2.18. The number of esters is 2. The molecule has 2 aromatic carbocycles. The lowest BCUT2D eigenvalue weighted by Crippen LogP contribution is -2.22. The van der Waals surface area contributed by atoms with Crippen molar-refractivity contribution in [2.24, 2.45) is 0 Å². The normalized spacial score (nSPS) is 9.92. The fourth-order valence-corrected chi connectivity index (χ4v) is 2.35. The molecule has 0 aliphatic rings. The van der Waals surface area contributed by atoms with Gasteiger partial charge in [0.05, 0.1) is 23.9 Å². The van der Waals surface area contributed by atoms with Gasteiger partial charge in [-0.25, -0.2) is 9.59 Å². The van der Waals surface area contributed by atoms with Crippen LogP contribution in [0.1, 0.15) is 20.7 Å². The topological polar surface area (TPSA) is 81.7 Å². The Hall–Kier alpha value is -2.67. The van der Waals surface area contributed by atoms with Gasteiger partial charge in [-0.1, -0.05) is 24.3 Å². The summed E-state index contributed by atoms with van der Waals surface area (Å²) in [6, 6.07) is 13.1. The maximum absolute atomic E-state index is 11.9. The van der Waals surface area contributed by atoms with Crippen molar-refractivity contribution >= 4 is 39.5 Å². The number of hydrogen-bond acceptors (Lipinski definition) is 5. The van der Waals surface area contributed by atoms with Crippen LogP contribution in [0.2, 0.25) is 0 Å². The first-order chi connectivity index (χ1) is 11.5. The first kappa shape index (κ1) is 17.7. The molecule has 0 radical (unpaired) electrons. The van der Waals surface area contributed by atoms with Crippen molar-refractivity contribution in [2.45, 2.75) is 0 Å². The molecule has 0 bridgehead atoms. The van der Waals surface area contributed by atoms with Gasteiger partial charge in [0.1, 0.15) is 0 Å². The molecule has 0 spiro atoms. The molecule has 0 heterocycles. The molecule has 0 aliphatic carbocycles. The van der Waals surface area contributed by atoms with Crippen molar-refractivity contribution in [3.63, 3.8) is 0 Å². The number of nitrogens with one attached hydrogen (secondary N) is 1. The van der Waals surface area contributed by atoms with Gasteiger partial charge in [0, 0.05) is 4.47 Å².